The van der Waals surface area contributed by atoms with Gasteiger partial charge in [-0.15, -0.1) is 0 Å². The number of hydrogen-bond acceptors (Lipinski definition) is 5. The van der Waals surface area contributed by atoms with Crippen LogP contribution in [-0.4, -0.2) is 58.3 Å². The van der Waals surface area contributed by atoms with Crippen molar-refractivity contribution < 1.29 is 17.9 Å². The van der Waals surface area contributed by atoms with E-state index in [-0.39, 0.29) is 24.6 Å². The standard InChI is InChI=1S/C12H26N2O4S/c1-4-9-14(5-2)10-8-13-19(16,17)11-6-7-12(15)18-3/h13H,4-11H2,1-3H3. The molecule has 0 aromatic carbocycles. The van der Waals surface area contributed by atoms with Gasteiger partial charge >= 0.3 is 5.97 Å². The van der Waals surface area contributed by atoms with Crippen molar-refractivity contribution in [1.82, 2.24) is 9.62 Å². The van der Waals surface area contributed by atoms with Crippen LogP contribution in [0.25, 0.3) is 0 Å². The van der Waals surface area contributed by atoms with Crippen molar-refractivity contribution in [2.45, 2.75) is 33.1 Å². The van der Waals surface area contributed by atoms with E-state index in [1.807, 2.05) is 0 Å². The molecule has 0 bridgehead atoms. The second kappa shape index (κ2) is 10.2. The van der Waals surface area contributed by atoms with Gasteiger partial charge in [-0.2, -0.15) is 0 Å². The van der Waals surface area contributed by atoms with Crippen LogP contribution < -0.4 is 4.72 Å². The number of sulfonamides is 1. The molecule has 0 atom stereocenters. The first kappa shape index (κ1) is 18.3. The Morgan fingerprint density at radius 2 is 1.95 bits per heavy atom. The summed E-state index contributed by atoms with van der Waals surface area (Å²) in [4.78, 5) is 13.1. The topological polar surface area (TPSA) is 75.7 Å². The van der Waals surface area contributed by atoms with Gasteiger partial charge in [-0.25, -0.2) is 13.1 Å². The van der Waals surface area contributed by atoms with Gasteiger partial charge in [-0.3, -0.25) is 4.79 Å². The smallest absolute Gasteiger partial charge is 0.305 e. The van der Waals surface area contributed by atoms with Crippen molar-refractivity contribution in [1.29, 1.82) is 0 Å². The van der Waals surface area contributed by atoms with E-state index in [1.165, 1.54) is 7.11 Å². The lowest BCUT2D eigenvalue weighted by molar-refractivity contribution is -0.140. The molecule has 0 radical (unpaired) electrons. The normalized spacial score (nSPS) is 11.8. The molecule has 19 heavy (non-hydrogen) atoms. The van der Waals surface area contributed by atoms with E-state index < -0.39 is 10.0 Å². The Labute approximate surface area is 116 Å². The zero-order chi connectivity index (χ0) is 14.7. The Balaban J connectivity index is 3.87. The maximum absolute atomic E-state index is 11.6. The lowest BCUT2D eigenvalue weighted by Gasteiger charge is -2.19. The van der Waals surface area contributed by atoms with Gasteiger partial charge < -0.3 is 9.64 Å². The second-order valence-electron chi connectivity index (χ2n) is 4.33. The lowest BCUT2D eigenvalue weighted by atomic mass is 10.3. The lowest BCUT2D eigenvalue weighted by Crippen LogP contribution is -2.36. The summed E-state index contributed by atoms with van der Waals surface area (Å²) in [7, 11) is -1.99. The predicted octanol–water partition coefficient (Wildman–Crippen LogP) is 0.591. The maximum Gasteiger partial charge on any atom is 0.305 e. The monoisotopic (exact) mass is 294 g/mol. The van der Waals surface area contributed by atoms with Gasteiger partial charge in [0.15, 0.2) is 0 Å². The van der Waals surface area contributed by atoms with Crippen molar-refractivity contribution in [3.05, 3.63) is 0 Å². The van der Waals surface area contributed by atoms with E-state index in [1.54, 1.807) is 0 Å². The Morgan fingerprint density at radius 1 is 1.26 bits per heavy atom. The van der Waals surface area contributed by atoms with Gasteiger partial charge in [-0.1, -0.05) is 13.8 Å². The molecule has 0 heterocycles. The summed E-state index contributed by atoms with van der Waals surface area (Å²) in [6.45, 7) is 7.16. The minimum absolute atomic E-state index is 0.0397. The summed E-state index contributed by atoms with van der Waals surface area (Å²) in [5.74, 6) is -0.419. The molecule has 7 heteroatoms. The van der Waals surface area contributed by atoms with Gasteiger partial charge in [0.25, 0.3) is 0 Å². The molecule has 0 saturated carbocycles. The van der Waals surface area contributed by atoms with E-state index in [9.17, 15) is 13.2 Å². The van der Waals surface area contributed by atoms with Crippen LogP contribution >= 0.6 is 0 Å². The molecule has 6 nitrogen and oxygen atoms in total. The van der Waals surface area contributed by atoms with Gasteiger partial charge in [0.05, 0.1) is 12.9 Å². The highest BCUT2D eigenvalue weighted by Crippen LogP contribution is 1.97. The average Bonchev–Trinajstić information content (AvgIpc) is 2.37. The Bertz CT molecular complexity index is 344. The predicted molar refractivity (Wildman–Crippen MR) is 75.4 cm³/mol. The van der Waals surface area contributed by atoms with Crippen LogP contribution in [0.2, 0.25) is 0 Å². The quantitative estimate of drug-likeness (QED) is 0.565. The fourth-order valence-electron chi connectivity index (χ4n) is 1.68. The molecule has 0 unspecified atom stereocenters. The van der Waals surface area contributed by atoms with Crippen molar-refractivity contribution in [3.8, 4) is 0 Å². The third kappa shape index (κ3) is 9.86. The number of carbonyl (C=O) groups excluding carboxylic acids is 1. The van der Waals surface area contributed by atoms with Gasteiger partial charge in [-0.05, 0) is 25.9 Å². The summed E-state index contributed by atoms with van der Waals surface area (Å²) >= 11 is 0. The highest BCUT2D eigenvalue weighted by molar-refractivity contribution is 7.89. The molecule has 0 rings (SSSR count). The number of likely N-dealkylation sites (N-methyl/N-ethyl adjacent to an activating group) is 1. The van der Waals surface area contributed by atoms with Crippen LogP contribution in [0, 0.1) is 0 Å². The van der Waals surface area contributed by atoms with E-state index in [0.29, 0.717) is 13.1 Å². The highest BCUT2D eigenvalue weighted by atomic mass is 32.2. The minimum Gasteiger partial charge on any atom is -0.469 e. The molecule has 0 aliphatic rings. The van der Waals surface area contributed by atoms with Crippen LogP contribution in [0.5, 0.6) is 0 Å². The number of ether oxygens (including phenoxy) is 1. The SMILES string of the molecule is CCCN(CC)CCNS(=O)(=O)CCCC(=O)OC. The third-order valence-corrected chi connectivity index (χ3v) is 4.23. The Morgan fingerprint density at radius 3 is 2.47 bits per heavy atom. The molecule has 0 aliphatic heterocycles. The van der Waals surface area contributed by atoms with Crippen molar-refractivity contribution in [3.63, 3.8) is 0 Å². The van der Waals surface area contributed by atoms with Gasteiger partial charge in [0.2, 0.25) is 10.0 Å². The first-order chi connectivity index (χ1) is 8.95. The van der Waals surface area contributed by atoms with Crippen molar-refractivity contribution in [2.75, 3.05) is 39.0 Å². The average molecular weight is 294 g/mol. The summed E-state index contributed by atoms with van der Waals surface area (Å²) in [5.41, 5.74) is 0. The molecule has 0 aromatic rings. The number of nitrogens with zero attached hydrogens (tertiary/aromatic N) is 1. The van der Waals surface area contributed by atoms with E-state index in [2.05, 4.69) is 28.2 Å². The van der Waals surface area contributed by atoms with Gasteiger partial charge in [0, 0.05) is 19.5 Å². The van der Waals surface area contributed by atoms with Gasteiger partial charge in [0.1, 0.15) is 0 Å². The van der Waals surface area contributed by atoms with Crippen LogP contribution in [0.1, 0.15) is 33.1 Å². The van der Waals surface area contributed by atoms with E-state index in [4.69, 9.17) is 0 Å². The van der Waals surface area contributed by atoms with Crippen LogP contribution in [0.4, 0.5) is 0 Å². The molecule has 0 aromatic heterocycles. The molecule has 0 aliphatic carbocycles. The van der Waals surface area contributed by atoms with E-state index >= 15 is 0 Å². The number of esters is 1. The number of rotatable bonds is 11. The molecule has 0 amide bonds. The van der Waals surface area contributed by atoms with Crippen LogP contribution in [0.3, 0.4) is 0 Å². The molecule has 0 saturated heterocycles. The molecule has 0 fully saturated rings. The number of nitrogens with one attached hydrogen (secondary N) is 1. The maximum atomic E-state index is 11.6. The molecule has 1 N–H and O–H groups in total. The first-order valence-electron chi connectivity index (χ1n) is 6.71. The van der Waals surface area contributed by atoms with Crippen LogP contribution in [-0.2, 0) is 19.6 Å². The molecular formula is C12H26N2O4S. The minimum atomic E-state index is -3.29. The highest BCUT2D eigenvalue weighted by Gasteiger charge is 2.11. The summed E-state index contributed by atoms with van der Waals surface area (Å²) in [6, 6.07) is 0. The molecule has 114 valence electrons. The fraction of sp³-hybridized carbons (Fsp3) is 0.917. The third-order valence-electron chi connectivity index (χ3n) is 2.76. The number of methoxy groups -OCH3 is 1. The Kier molecular flexibility index (Phi) is 9.81. The van der Waals surface area contributed by atoms with Crippen molar-refractivity contribution in [2.24, 2.45) is 0 Å². The Hall–Kier alpha value is -0.660. The van der Waals surface area contributed by atoms with Crippen LogP contribution in [0.15, 0.2) is 0 Å². The summed E-state index contributed by atoms with van der Waals surface area (Å²) in [5, 5.41) is 0. The largest absolute Gasteiger partial charge is 0.469 e. The first-order valence-corrected chi connectivity index (χ1v) is 8.36. The number of carbonyl (C=O) groups is 1. The molecular weight excluding hydrogens is 268 g/mol. The number of hydrogen-bond donors (Lipinski definition) is 1. The van der Waals surface area contributed by atoms with E-state index in [0.717, 1.165) is 19.5 Å². The zero-order valence-corrected chi connectivity index (χ0v) is 13.0. The second-order valence-corrected chi connectivity index (χ2v) is 6.25. The fourth-order valence-corrected chi connectivity index (χ4v) is 2.76. The summed E-state index contributed by atoms with van der Waals surface area (Å²) < 4.78 is 30.3. The molecule has 0 spiro atoms. The zero-order valence-electron chi connectivity index (χ0n) is 12.1. The summed E-state index contributed by atoms with van der Waals surface area (Å²) in [6.07, 6.45) is 1.47. The van der Waals surface area contributed by atoms with Crippen molar-refractivity contribution >= 4 is 16.0 Å².